The molecule has 9 nitrogen and oxygen atoms in total. The zero-order valence-electron chi connectivity index (χ0n) is 20.2. The van der Waals surface area contributed by atoms with Crippen molar-refractivity contribution in [1.82, 2.24) is 10.0 Å². The minimum absolute atomic E-state index is 0.0158. The first kappa shape index (κ1) is 27.2. The highest BCUT2D eigenvalue weighted by molar-refractivity contribution is 7.92. The van der Waals surface area contributed by atoms with Gasteiger partial charge in [0.05, 0.1) is 15.5 Å². The summed E-state index contributed by atoms with van der Waals surface area (Å²) in [6.07, 6.45) is 0. The van der Waals surface area contributed by atoms with Gasteiger partial charge in [0, 0.05) is 13.1 Å². The third-order valence-electron chi connectivity index (χ3n) is 5.21. The van der Waals surface area contributed by atoms with Gasteiger partial charge in [-0.15, -0.1) is 0 Å². The van der Waals surface area contributed by atoms with Crippen molar-refractivity contribution in [2.75, 3.05) is 24.4 Å². The predicted molar refractivity (Wildman–Crippen MR) is 138 cm³/mol. The highest BCUT2D eigenvalue weighted by Gasteiger charge is 2.16. The lowest BCUT2D eigenvalue weighted by Crippen LogP contribution is -2.36. The van der Waals surface area contributed by atoms with Gasteiger partial charge in [0.25, 0.3) is 15.9 Å². The van der Waals surface area contributed by atoms with E-state index in [0.717, 1.165) is 16.7 Å². The van der Waals surface area contributed by atoms with Crippen LogP contribution >= 0.6 is 0 Å². The molecule has 0 fully saturated rings. The van der Waals surface area contributed by atoms with Crippen LogP contribution in [0.25, 0.3) is 0 Å². The molecule has 3 aromatic carbocycles. The molecule has 36 heavy (non-hydrogen) atoms. The third-order valence-corrected chi connectivity index (χ3v) is 8.07. The number of nitrogens with one attached hydrogen (secondary N) is 3. The fraction of sp³-hybridized carbons (Fsp3) is 0.240. The molecule has 0 radical (unpaired) electrons. The van der Waals surface area contributed by atoms with Gasteiger partial charge < -0.3 is 10.1 Å². The van der Waals surface area contributed by atoms with Crippen LogP contribution in [0.5, 0.6) is 5.75 Å². The summed E-state index contributed by atoms with van der Waals surface area (Å²) in [5.74, 6) is -0.131. The molecule has 0 aliphatic rings. The van der Waals surface area contributed by atoms with E-state index in [9.17, 15) is 21.6 Å². The number of amides is 1. The highest BCUT2D eigenvalue weighted by atomic mass is 32.2. The number of hydrogen-bond donors (Lipinski definition) is 3. The minimum atomic E-state index is -3.79. The fourth-order valence-electron chi connectivity index (χ4n) is 3.15. The Morgan fingerprint density at radius 3 is 2.00 bits per heavy atom. The zero-order valence-corrected chi connectivity index (χ0v) is 21.9. The molecule has 1 amide bonds. The van der Waals surface area contributed by atoms with E-state index in [2.05, 4.69) is 14.8 Å². The van der Waals surface area contributed by atoms with Gasteiger partial charge >= 0.3 is 0 Å². The average molecular weight is 532 g/mol. The highest BCUT2D eigenvalue weighted by Crippen LogP contribution is 2.22. The fourth-order valence-corrected chi connectivity index (χ4v) is 5.31. The van der Waals surface area contributed by atoms with Crippen molar-refractivity contribution in [2.24, 2.45) is 0 Å². The number of carbonyl (C=O) groups excluding carboxylic acids is 1. The smallest absolute Gasteiger partial charge is 0.261 e. The van der Waals surface area contributed by atoms with Crippen LogP contribution in [0, 0.1) is 20.8 Å². The normalized spacial score (nSPS) is 11.6. The molecule has 3 aromatic rings. The molecular formula is C25H29N3O6S2. The van der Waals surface area contributed by atoms with Crippen molar-refractivity contribution in [3.05, 3.63) is 83.4 Å². The van der Waals surface area contributed by atoms with Gasteiger partial charge in [-0.05, 0) is 74.4 Å². The molecule has 0 spiro atoms. The van der Waals surface area contributed by atoms with Crippen LogP contribution in [0.2, 0.25) is 0 Å². The number of ether oxygens (including phenoxy) is 1. The quantitative estimate of drug-likeness (QED) is 0.326. The van der Waals surface area contributed by atoms with Crippen molar-refractivity contribution in [3.8, 4) is 5.75 Å². The SMILES string of the molecule is Cc1ccc(S(=O)(=O)NCCNC(=O)COc2ccc(S(=O)(=O)Nc3cc(C)ccc3C)cc2)cc1. The second-order valence-corrected chi connectivity index (χ2v) is 11.7. The molecule has 3 N–H and O–H groups in total. The first-order valence-electron chi connectivity index (χ1n) is 11.1. The average Bonchev–Trinajstić information content (AvgIpc) is 2.83. The molecule has 0 aliphatic carbocycles. The molecule has 0 aliphatic heterocycles. The molecule has 192 valence electrons. The zero-order chi connectivity index (χ0) is 26.3. The Labute approximate surface area is 212 Å². The predicted octanol–water partition coefficient (Wildman–Crippen LogP) is 2.89. The first-order chi connectivity index (χ1) is 17.0. The number of sulfonamides is 2. The molecule has 11 heteroatoms. The van der Waals surface area contributed by atoms with Crippen LogP contribution in [-0.2, 0) is 24.8 Å². The summed E-state index contributed by atoms with van der Waals surface area (Å²) >= 11 is 0. The van der Waals surface area contributed by atoms with Crippen molar-refractivity contribution < 1.29 is 26.4 Å². The lowest BCUT2D eigenvalue weighted by molar-refractivity contribution is -0.123. The Morgan fingerprint density at radius 1 is 0.750 bits per heavy atom. The standard InChI is InChI=1S/C25H29N3O6S2/c1-18-5-10-22(11-6-18)35(30,31)27-15-14-26-25(29)17-34-21-8-12-23(13-9-21)36(32,33)28-24-16-19(2)4-7-20(24)3/h4-13,16,27-28H,14-15,17H2,1-3H3,(H,26,29). The van der Waals surface area contributed by atoms with Gasteiger partial charge in [-0.1, -0.05) is 29.8 Å². The number of anilines is 1. The molecule has 0 bridgehead atoms. The van der Waals surface area contributed by atoms with Gasteiger partial charge in [0.1, 0.15) is 5.75 Å². The van der Waals surface area contributed by atoms with E-state index in [4.69, 9.17) is 4.74 Å². The second kappa shape index (κ2) is 11.5. The number of rotatable bonds is 11. The summed E-state index contributed by atoms with van der Waals surface area (Å²) in [5.41, 5.74) is 3.20. The van der Waals surface area contributed by atoms with E-state index in [-0.39, 0.29) is 29.5 Å². The van der Waals surface area contributed by atoms with Gasteiger partial charge in [-0.25, -0.2) is 21.6 Å². The number of hydrogen-bond acceptors (Lipinski definition) is 6. The minimum Gasteiger partial charge on any atom is -0.484 e. The van der Waals surface area contributed by atoms with Crippen LogP contribution in [-0.4, -0.2) is 42.4 Å². The molecule has 0 heterocycles. The monoisotopic (exact) mass is 531 g/mol. The van der Waals surface area contributed by atoms with E-state index in [1.165, 1.54) is 36.4 Å². The number of carbonyl (C=O) groups is 1. The summed E-state index contributed by atoms with van der Waals surface area (Å²) in [5, 5.41) is 2.56. The van der Waals surface area contributed by atoms with Crippen LogP contribution in [0.3, 0.4) is 0 Å². The Balaban J connectivity index is 1.45. The molecule has 3 rings (SSSR count). The summed E-state index contributed by atoms with van der Waals surface area (Å²) in [6, 6.07) is 17.6. The van der Waals surface area contributed by atoms with E-state index in [1.807, 2.05) is 32.9 Å². The molecule has 0 saturated carbocycles. The van der Waals surface area contributed by atoms with Crippen molar-refractivity contribution in [2.45, 2.75) is 30.6 Å². The van der Waals surface area contributed by atoms with E-state index in [1.54, 1.807) is 18.2 Å². The maximum atomic E-state index is 12.7. The molecule has 0 saturated heterocycles. The Morgan fingerprint density at radius 2 is 1.33 bits per heavy atom. The van der Waals surface area contributed by atoms with E-state index in [0.29, 0.717) is 11.4 Å². The third kappa shape index (κ3) is 7.54. The van der Waals surface area contributed by atoms with Crippen molar-refractivity contribution >= 4 is 31.6 Å². The van der Waals surface area contributed by atoms with E-state index >= 15 is 0 Å². The first-order valence-corrected chi connectivity index (χ1v) is 14.1. The molecule has 0 atom stereocenters. The summed E-state index contributed by atoms with van der Waals surface area (Å²) in [4.78, 5) is 12.2. The Kier molecular flexibility index (Phi) is 8.72. The van der Waals surface area contributed by atoms with Gasteiger partial charge in [-0.3, -0.25) is 9.52 Å². The largest absolute Gasteiger partial charge is 0.484 e. The lowest BCUT2D eigenvalue weighted by Gasteiger charge is -2.12. The molecular weight excluding hydrogens is 502 g/mol. The molecule has 0 unspecified atom stereocenters. The van der Waals surface area contributed by atoms with Gasteiger partial charge in [-0.2, -0.15) is 0 Å². The van der Waals surface area contributed by atoms with Crippen LogP contribution in [0.4, 0.5) is 5.69 Å². The van der Waals surface area contributed by atoms with Crippen LogP contribution < -0.4 is 19.5 Å². The summed E-state index contributed by atoms with van der Waals surface area (Å²) in [7, 11) is -7.45. The van der Waals surface area contributed by atoms with Crippen molar-refractivity contribution in [1.29, 1.82) is 0 Å². The number of benzene rings is 3. The topological polar surface area (TPSA) is 131 Å². The Bertz CT molecular complexity index is 1420. The van der Waals surface area contributed by atoms with E-state index < -0.39 is 26.0 Å². The Hall–Kier alpha value is -3.41. The maximum Gasteiger partial charge on any atom is 0.261 e. The van der Waals surface area contributed by atoms with Crippen molar-refractivity contribution in [3.63, 3.8) is 0 Å². The summed E-state index contributed by atoms with van der Waals surface area (Å²) < 4.78 is 60.3. The van der Waals surface area contributed by atoms with Gasteiger partial charge in [0.2, 0.25) is 10.0 Å². The van der Waals surface area contributed by atoms with Gasteiger partial charge in [0.15, 0.2) is 6.61 Å². The van der Waals surface area contributed by atoms with Crippen LogP contribution in [0.1, 0.15) is 16.7 Å². The lowest BCUT2D eigenvalue weighted by atomic mass is 10.1. The maximum absolute atomic E-state index is 12.7. The molecule has 0 aromatic heterocycles. The number of aryl methyl sites for hydroxylation is 3. The second-order valence-electron chi connectivity index (χ2n) is 8.24. The summed E-state index contributed by atoms with van der Waals surface area (Å²) in [6.45, 7) is 5.35. The van der Waals surface area contributed by atoms with Crippen LogP contribution in [0.15, 0.2) is 76.5 Å².